The molecule has 3 N–H and O–H groups in total. The van der Waals surface area contributed by atoms with Crippen LogP contribution in [0, 0.1) is 5.41 Å². The van der Waals surface area contributed by atoms with E-state index in [1.807, 2.05) is 19.0 Å². The Morgan fingerprint density at radius 1 is 1.53 bits per heavy atom. The Balaban J connectivity index is 2.53. The quantitative estimate of drug-likeness (QED) is 0.619. The van der Waals surface area contributed by atoms with Crippen LogP contribution in [0.3, 0.4) is 0 Å². The molecule has 19 heavy (non-hydrogen) atoms. The molecule has 0 bridgehead atoms. The lowest BCUT2D eigenvalue weighted by atomic mass is 9.81. The van der Waals surface area contributed by atoms with Crippen molar-refractivity contribution in [2.24, 2.45) is 5.41 Å². The highest BCUT2D eigenvalue weighted by molar-refractivity contribution is 5.83. The van der Waals surface area contributed by atoms with E-state index in [1.165, 1.54) is 0 Å². The maximum absolute atomic E-state index is 12.4. The van der Waals surface area contributed by atoms with Gasteiger partial charge in [0.05, 0.1) is 11.0 Å². The molecule has 0 saturated carbocycles. The van der Waals surface area contributed by atoms with E-state index in [-0.39, 0.29) is 11.3 Å². The van der Waals surface area contributed by atoms with Crippen molar-refractivity contribution < 1.29 is 9.90 Å². The van der Waals surface area contributed by atoms with E-state index < -0.39 is 5.60 Å². The predicted octanol–water partition coefficient (Wildman–Crippen LogP) is 0.195. The van der Waals surface area contributed by atoms with Crippen molar-refractivity contribution in [1.82, 2.24) is 15.5 Å². The second-order valence-electron chi connectivity index (χ2n) is 6.37. The molecule has 0 aromatic heterocycles. The summed E-state index contributed by atoms with van der Waals surface area (Å²) in [6.45, 7) is 6.36. The third-order valence-corrected chi connectivity index (χ3v) is 3.74. The first-order valence-corrected chi connectivity index (χ1v) is 7.17. The van der Waals surface area contributed by atoms with E-state index in [0.29, 0.717) is 13.1 Å². The van der Waals surface area contributed by atoms with Crippen LogP contribution in [0.15, 0.2) is 0 Å². The molecule has 0 radical (unpaired) electrons. The highest BCUT2D eigenvalue weighted by Crippen LogP contribution is 2.31. The largest absolute Gasteiger partial charge is 0.387 e. The molecule has 1 rings (SSSR count). The van der Waals surface area contributed by atoms with Crippen molar-refractivity contribution in [2.75, 3.05) is 40.3 Å². The molecule has 1 saturated heterocycles. The van der Waals surface area contributed by atoms with Gasteiger partial charge in [0.15, 0.2) is 0 Å². The van der Waals surface area contributed by atoms with Crippen LogP contribution in [0.2, 0.25) is 0 Å². The van der Waals surface area contributed by atoms with Gasteiger partial charge in [0.1, 0.15) is 0 Å². The molecule has 5 nitrogen and oxygen atoms in total. The number of aliphatic hydroxyl groups is 1. The van der Waals surface area contributed by atoms with E-state index in [0.717, 1.165) is 32.4 Å². The Labute approximate surface area is 116 Å². The third-order valence-electron chi connectivity index (χ3n) is 3.74. The van der Waals surface area contributed by atoms with Gasteiger partial charge < -0.3 is 20.6 Å². The SMILES string of the molecule is CCCC1(C(=O)NCC(C)(O)CN(C)C)CCNC1. The second-order valence-corrected chi connectivity index (χ2v) is 6.37. The zero-order chi connectivity index (χ0) is 14.5. The Morgan fingerprint density at radius 3 is 2.68 bits per heavy atom. The Morgan fingerprint density at radius 2 is 2.21 bits per heavy atom. The molecule has 0 aromatic rings. The van der Waals surface area contributed by atoms with E-state index in [4.69, 9.17) is 0 Å². The summed E-state index contributed by atoms with van der Waals surface area (Å²) in [5.74, 6) is 0.0818. The number of likely N-dealkylation sites (N-methyl/N-ethyl adjacent to an activating group) is 1. The normalized spacial score (nSPS) is 26.4. The van der Waals surface area contributed by atoms with Gasteiger partial charge in [0.25, 0.3) is 0 Å². The van der Waals surface area contributed by atoms with Crippen LogP contribution in [-0.4, -0.2) is 61.8 Å². The third kappa shape index (κ3) is 4.75. The van der Waals surface area contributed by atoms with Gasteiger partial charge in [-0.1, -0.05) is 13.3 Å². The van der Waals surface area contributed by atoms with E-state index >= 15 is 0 Å². The zero-order valence-electron chi connectivity index (χ0n) is 12.8. The summed E-state index contributed by atoms with van der Waals surface area (Å²) >= 11 is 0. The number of nitrogens with zero attached hydrogens (tertiary/aromatic N) is 1. The number of carbonyl (C=O) groups is 1. The Kier molecular flexibility index (Phi) is 5.77. The summed E-state index contributed by atoms with van der Waals surface area (Å²) in [6.07, 6.45) is 2.80. The van der Waals surface area contributed by atoms with Crippen LogP contribution >= 0.6 is 0 Å². The first-order chi connectivity index (χ1) is 8.81. The molecule has 2 atom stereocenters. The summed E-state index contributed by atoms with van der Waals surface area (Å²) in [7, 11) is 3.82. The minimum Gasteiger partial charge on any atom is -0.387 e. The number of hydrogen-bond donors (Lipinski definition) is 3. The summed E-state index contributed by atoms with van der Waals surface area (Å²) in [5, 5.41) is 16.4. The smallest absolute Gasteiger partial charge is 0.227 e. The molecule has 0 aromatic carbocycles. The highest BCUT2D eigenvalue weighted by atomic mass is 16.3. The van der Waals surface area contributed by atoms with Crippen molar-refractivity contribution in [3.63, 3.8) is 0 Å². The van der Waals surface area contributed by atoms with Gasteiger partial charge >= 0.3 is 0 Å². The van der Waals surface area contributed by atoms with Crippen molar-refractivity contribution in [1.29, 1.82) is 0 Å². The van der Waals surface area contributed by atoms with Gasteiger partial charge in [-0.3, -0.25) is 4.79 Å². The number of nitrogens with one attached hydrogen (secondary N) is 2. The van der Waals surface area contributed by atoms with Gasteiger partial charge in [-0.15, -0.1) is 0 Å². The highest BCUT2D eigenvalue weighted by Gasteiger charge is 2.40. The molecule has 0 aliphatic carbocycles. The van der Waals surface area contributed by atoms with E-state index in [1.54, 1.807) is 6.92 Å². The lowest BCUT2D eigenvalue weighted by Gasteiger charge is -2.31. The number of rotatable bonds is 7. The van der Waals surface area contributed by atoms with Gasteiger partial charge in [-0.05, 0) is 40.4 Å². The second kappa shape index (κ2) is 6.68. The van der Waals surface area contributed by atoms with Crippen LogP contribution in [0.4, 0.5) is 0 Å². The fraction of sp³-hybridized carbons (Fsp3) is 0.929. The summed E-state index contributed by atoms with van der Waals surface area (Å²) < 4.78 is 0. The van der Waals surface area contributed by atoms with Crippen LogP contribution in [0.5, 0.6) is 0 Å². The molecule has 1 aliphatic heterocycles. The maximum Gasteiger partial charge on any atom is 0.227 e. The monoisotopic (exact) mass is 271 g/mol. The Hall–Kier alpha value is -0.650. The molecule has 112 valence electrons. The van der Waals surface area contributed by atoms with Crippen molar-refractivity contribution >= 4 is 5.91 Å². The standard InChI is InChI=1S/C14H29N3O2/c1-5-6-14(7-8-15-10-14)12(18)16-9-13(2,19)11-17(3)4/h15,19H,5-11H2,1-4H3,(H,16,18). The minimum atomic E-state index is -0.890. The predicted molar refractivity (Wildman–Crippen MR) is 77.0 cm³/mol. The average molecular weight is 271 g/mol. The molecule has 0 spiro atoms. The van der Waals surface area contributed by atoms with Gasteiger partial charge in [0.2, 0.25) is 5.91 Å². The lowest BCUT2D eigenvalue weighted by molar-refractivity contribution is -0.131. The molecule has 1 heterocycles. The Bertz CT molecular complexity index is 297. The molecule has 1 fully saturated rings. The van der Waals surface area contributed by atoms with Crippen molar-refractivity contribution in [2.45, 2.75) is 38.7 Å². The van der Waals surface area contributed by atoms with Crippen LogP contribution < -0.4 is 10.6 Å². The molecule has 2 unspecified atom stereocenters. The number of hydrogen-bond acceptors (Lipinski definition) is 4. The number of carbonyl (C=O) groups excluding carboxylic acids is 1. The zero-order valence-corrected chi connectivity index (χ0v) is 12.8. The topological polar surface area (TPSA) is 64.6 Å². The lowest BCUT2D eigenvalue weighted by Crippen LogP contribution is -2.51. The minimum absolute atomic E-state index is 0.0818. The fourth-order valence-electron chi connectivity index (χ4n) is 2.94. The summed E-state index contributed by atoms with van der Waals surface area (Å²) in [4.78, 5) is 14.3. The van der Waals surface area contributed by atoms with Crippen molar-refractivity contribution in [3.8, 4) is 0 Å². The van der Waals surface area contributed by atoms with Gasteiger partial charge in [-0.2, -0.15) is 0 Å². The molecular weight excluding hydrogens is 242 g/mol. The molecule has 5 heteroatoms. The van der Waals surface area contributed by atoms with E-state index in [9.17, 15) is 9.90 Å². The van der Waals surface area contributed by atoms with Crippen LogP contribution in [0.25, 0.3) is 0 Å². The van der Waals surface area contributed by atoms with E-state index in [2.05, 4.69) is 17.6 Å². The average Bonchev–Trinajstić information content (AvgIpc) is 2.74. The molecular formula is C14H29N3O2. The van der Waals surface area contributed by atoms with Crippen LogP contribution in [-0.2, 0) is 4.79 Å². The fourth-order valence-corrected chi connectivity index (χ4v) is 2.94. The van der Waals surface area contributed by atoms with Crippen LogP contribution in [0.1, 0.15) is 33.1 Å². The number of amides is 1. The summed E-state index contributed by atoms with van der Waals surface area (Å²) in [6, 6.07) is 0. The first-order valence-electron chi connectivity index (χ1n) is 7.17. The maximum atomic E-state index is 12.4. The summed E-state index contributed by atoms with van der Waals surface area (Å²) in [5.41, 5.74) is -1.17. The molecule has 1 amide bonds. The van der Waals surface area contributed by atoms with Gasteiger partial charge in [0, 0.05) is 19.6 Å². The van der Waals surface area contributed by atoms with Gasteiger partial charge in [-0.25, -0.2) is 0 Å². The van der Waals surface area contributed by atoms with Crippen molar-refractivity contribution in [3.05, 3.63) is 0 Å². The first kappa shape index (κ1) is 16.4. The molecule has 1 aliphatic rings.